The molecule has 1 saturated carbocycles. The molecule has 3 rings (SSSR count). The Morgan fingerprint density at radius 2 is 1.44 bits per heavy atom. The Morgan fingerprint density at radius 3 is 1.84 bits per heavy atom. The summed E-state index contributed by atoms with van der Waals surface area (Å²) in [5.41, 5.74) is 1.90. The van der Waals surface area contributed by atoms with Gasteiger partial charge in [-0.25, -0.2) is 4.85 Å². The minimum Gasteiger partial charge on any atom is -0.298 e. The van der Waals surface area contributed by atoms with Crippen LogP contribution in [0.1, 0.15) is 29.5 Å². The molecule has 0 radical (unpaired) electrons. The summed E-state index contributed by atoms with van der Waals surface area (Å²) in [7, 11) is 0. The standard InChI is InChI=1S/C21H16N2O2/c1-23-18-8-6-16(7-9-18)13-20(25)21(10-11-21)19(24)12-15-2-4-17(14-22)5-3-15/h2-9H,10-13H2. The Bertz CT molecular complexity index is 819. The molecule has 0 saturated heterocycles. The Labute approximate surface area is 146 Å². The summed E-state index contributed by atoms with van der Waals surface area (Å²) in [6.45, 7) is 6.95. The Morgan fingerprint density at radius 1 is 0.960 bits per heavy atom. The summed E-state index contributed by atoms with van der Waals surface area (Å²) in [6, 6.07) is 15.9. The maximum absolute atomic E-state index is 12.7. The highest BCUT2D eigenvalue weighted by molar-refractivity contribution is 6.10. The first-order valence-corrected chi connectivity index (χ1v) is 8.09. The lowest BCUT2D eigenvalue weighted by Gasteiger charge is -2.13. The summed E-state index contributed by atoms with van der Waals surface area (Å²) in [6.07, 6.45) is 1.66. The van der Waals surface area contributed by atoms with Crippen molar-refractivity contribution in [3.8, 4) is 6.07 Å². The summed E-state index contributed by atoms with van der Waals surface area (Å²) in [5, 5.41) is 8.82. The highest BCUT2D eigenvalue weighted by Gasteiger charge is 2.54. The largest absolute Gasteiger partial charge is 0.298 e. The molecular formula is C21H16N2O2. The lowest BCUT2D eigenvalue weighted by Crippen LogP contribution is -2.28. The molecule has 2 aromatic carbocycles. The number of nitriles is 1. The van der Waals surface area contributed by atoms with E-state index in [2.05, 4.69) is 4.85 Å². The van der Waals surface area contributed by atoms with Crippen LogP contribution in [0.5, 0.6) is 0 Å². The zero-order valence-corrected chi connectivity index (χ0v) is 13.7. The van der Waals surface area contributed by atoms with Gasteiger partial charge in [0.1, 0.15) is 0 Å². The lowest BCUT2D eigenvalue weighted by molar-refractivity contribution is -0.133. The number of carbonyl (C=O) groups excluding carboxylic acids is 2. The molecule has 0 aliphatic heterocycles. The summed E-state index contributed by atoms with van der Waals surface area (Å²) >= 11 is 0. The molecule has 4 heteroatoms. The molecule has 0 unspecified atom stereocenters. The third-order valence-electron chi connectivity index (χ3n) is 4.70. The van der Waals surface area contributed by atoms with E-state index >= 15 is 0 Å². The molecule has 0 amide bonds. The van der Waals surface area contributed by atoms with Crippen LogP contribution in [0, 0.1) is 23.3 Å². The molecule has 0 N–H and O–H groups in total. The van der Waals surface area contributed by atoms with Gasteiger partial charge in [0.2, 0.25) is 0 Å². The smallest absolute Gasteiger partial charge is 0.187 e. The fraction of sp³-hybridized carbons (Fsp3) is 0.238. The molecule has 0 atom stereocenters. The Hall–Kier alpha value is -3.24. The predicted molar refractivity (Wildman–Crippen MR) is 93.0 cm³/mol. The molecule has 0 aromatic heterocycles. The maximum atomic E-state index is 12.7. The van der Waals surface area contributed by atoms with Crippen LogP contribution in [-0.4, -0.2) is 11.6 Å². The van der Waals surface area contributed by atoms with E-state index in [1.54, 1.807) is 48.5 Å². The SMILES string of the molecule is [C-]#[N+]c1ccc(CC(=O)C2(C(=O)Cc3ccc(C#N)cc3)CC2)cc1. The highest BCUT2D eigenvalue weighted by atomic mass is 16.2. The first-order valence-electron chi connectivity index (χ1n) is 8.09. The average Bonchev–Trinajstić information content (AvgIpc) is 3.45. The summed E-state index contributed by atoms with van der Waals surface area (Å²) in [5.74, 6) is -0.0818. The van der Waals surface area contributed by atoms with E-state index < -0.39 is 5.41 Å². The highest BCUT2D eigenvalue weighted by Crippen LogP contribution is 2.48. The van der Waals surface area contributed by atoms with E-state index in [-0.39, 0.29) is 24.4 Å². The van der Waals surface area contributed by atoms with Gasteiger partial charge in [-0.1, -0.05) is 36.4 Å². The molecule has 1 aliphatic carbocycles. The van der Waals surface area contributed by atoms with Crippen LogP contribution in [-0.2, 0) is 22.4 Å². The van der Waals surface area contributed by atoms with Crippen molar-refractivity contribution >= 4 is 17.3 Å². The van der Waals surface area contributed by atoms with E-state index in [0.29, 0.717) is 24.1 Å². The van der Waals surface area contributed by atoms with Gasteiger partial charge in [0, 0.05) is 12.8 Å². The molecular weight excluding hydrogens is 312 g/mol. The van der Waals surface area contributed by atoms with Gasteiger partial charge in [-0.05, 0) is 36.1 Å². The van der Waals surface area contributed by atoms with E-state index in [1.165, 1.54) is 0 Å². The van der Waals surface area contributed by atoms with Crippen molar-refractivity contribution < 1.29 is 9.59 Å². The van der Waals surface area contributed by atoms with Crippen molar-refractivity contribution in [1.29, 1.82) is 5.26 Å². The van der Waals surface area contributed by atoms with Crippen molar-refractivity contribution in [3.63, 3.8) is 0 Å². The third kappa shape index (κ3) is 3.49. The number of Topliss-reactive ketones (excluding diaryl/α,β-unsaturated/α-hetero) is 2. The van der Waals surface area contributed by atoms with Gasteiger partial charge in [-0.2, -0.15) is 5.26 Å². The fourth-order valence-corrected chi connectivity index (χ4v) is 2.93. The number of benzene rings is 2. The molecule has 0 heterocycles. The molecule has 2 aromatic rings. The second-order valence-corrected chi connectivity index (χ2v) is 6.37. The molecule has 0 spiro atoms. The quantitative estimate of drug-likeness (QED) is 0.598. The molecule has 122 valence electrons. The molecule has 0 bridgehead atoms. The third-order valence-corrected chi connectivity index (χ3v) is 4.70. The van der Waals surface area contributed by atoms with Gasteiger partial charge in [-0.3, -0.25) is 9.59 Å². The number of hydrogen-bond acceptors (Lipinski definition) is 3. The van der Waals surface area contributed by atoms with E-state index in [4.69, 9.17) is 11.8 Å². The number of rotatable bonds is 6. The van der Waals surface area contributed by atoms with Crippen LogP contribution in [0.2, 0.25) is 0 Å². The molecule has 4 nitrogen and oxygen atoms in total. The first kappa shape index (κ1) is 16.6. The second-order valence-electron chi connectivity index (χ2n) is 6.37. The van der Waals surface area contributed by atoms with Crippen molar-refractivity contribution in [2.24, 2.45) is 5.41 Å². The number of carbonyl (C=O) groups is 2. The van der Waals surface area contributed by atoms with E-state index in [9.17, 15) is 9.59 Å². The van der Waals surface area contributed by atoms with Crippen molar-refractivity contribution in [2.75, 3.05) is 0 Å². The zero-order chi connectivity index (χ0) is 17.9. The number of nitrogens with zero attached hydrogens (tertiary/aromatic N) is 2. The van der Waals surface area contributed by atoms with Crippen molar-refractivity contribution in [2.45, 2.75) is 25.7 Å². The number of hydrogen-bond donors (Lipinski definition) is 0. The molecule has 25 heavy (non-hydrogen) atoms. The second kappa shape index (κ2) is 6.71. The maximum Gasteiger partial charge on any atom is 0.187 e. The van der Waals surface area contributed by atoms with Crippen LogP contribution in [0.3, 0.4) is 0 Å². The van der Waals surface area contributed by atoms with Gasteiger partial charge in [0.25, 0.3) is 0 Å². The summed E-state index contributed by atoms with van der Waals surface area (Å²) < 4.78 is 0. The van der Waals surface area contributed by atoms with Gasteiger partial charge in [0.05, 0.1) is 23.6 Å². The van der Waals surface area contributed by atoms with Gasteiger partial charge >= 0.3 is 0 Å². The Balaban J connectivity index is 1.67. The van der Waals surface area contributed by atoms with Crippen LogP contribution in [0.25, 0.3) is 4.85 Å². The predicted octanol–water partition coefficient (Wildman–Crippen LogP) is 3.81. The molecule has 1 fully saturated rings. The zero-order valence-electron chi connectivity index (χ0n) is 13.7. The minimum absolute atomic E-state index is 0.0401. The normalized spacial score (nSPS) is 14.2. The number of ketones is 2. The fourth-order valence-electron chi connectivity index (χ4n) is 2.93. The van der Waals surface area contributed by atoms with Crippen molar-refractivity contribution in [3.05, 3.63) is 76.6 Å². The lowest BCUT2D eigenvalue weighted by atomic mass is 9.88. The van der Waals surface area contributed by atoms with Crippen LogP contribution in [0.4, 0.5) is 5.69 Å². The van der Waals surface area contributed by atoms with Crippen LogP contribution >= 0.6 is 0 Å². The first-order chi connectivity index (χ1) is 12.1. The average molecular weight is 328 g/mol. The topological polar surface area (TPSA) is 62.3 Å². The van der Waals surface area contributed by atoms with Gasteiger partial charge in [-0.15, -0.1) is 0 Å². The van der Waals surface area contributed by atoms with Crippen LogP contribution in [0.15, 0.2) is 48.5 Å². The van der Waals surface area contributed by atoms with E-state index in [1.807, 2.05) is 6.07 Å². The van der Waals surface area contributed by atoms with E-state index in [0.717, 1.165) is 11.1 Å². The van der Waals surface area contributed by atoms with Crippen molar-refractivity contribution in [1.82, 2.24) is 0 Å². The minimum atomic E-state index is -0.841. The summed E-state index contributed by atoms with van der Waals surface area (Å²) in [4.78, 5) is 28.6. The Kier molecular flexibility index (Phi) is 4.46. The monoisotopic (exact) mass is 328 g/mol. The van der Waals surface area contributed by atoms with Gasteiger partial charge < -0.3 is 0 Å². The van der Waals surface area contributed by atoms with Crippen LogP contribution < -0.4 is 0 Å². The van der Waals surface area contributed by atoms with Gasteiger partial charge in [0.15, 0.2) is 17.3 Å². The molecule has 1 aliphatic rings.